The summed E-state index contributed by atoms with van der Waals surface area (Å²) >= 11 is 0. The molecule has 0 bridgehead atoms. The number of carbonyl (C=O) groups is 1. The molecule has 1 N–H and O–H groups in total. The Balaban J connectivity index is 1.45. The van der Waals surface area contributed by atoms with Gasteiger partial charge in [0.25, 0.3) is 0 Å². The van der Waals surface area contributed by atoms with Crippen LogP contribution in [0.25, 0.3) is 0 Å². The highest BCUT2D eigenvalue weighted by Gasteiger charge is 2.59. The molecule has 0 unspecified atom stereocenters. The van der Waals surface area contributed by atoms with Crippen LogP contribution in [-0.2, 0) is 9.53 Å². The first kappa shape index (κ1) is 17.0. The lowest BCUT2D eigenvalue weighted by atomic mass is 9.47. The van der Waals surface area contributed by atoms with E-state index in [2.05, 4.69) is 19.9 Å². The van der Waals surface area contributed by atoms with Crippen LogP contribution in [0.4, 0.5) is 0 Å². The average molecular weight is 357 g/mol. The second-order valence-electron chi connectivity index (χ2n) is 10.2. The van der Waals surface area contributed by atoms with Crippen LogP contribution in [0.15, 0.2) is 23.3 Å². The molecule has 3 heteroatoms. The summed E-state index contributed by atoms with van der Waals surface area (Å²) in [4.78, 5) is 11.6. The zero-order chi connectivity index (χ0) is 18.1. The van der Waals surface area contributed by atoms with Crippen molar-refractivity contribution in [1.82, 2.24) is 0 Å². The quantitative estimate of drug-likeness (QED) is 0.559. The van der Waals surface area contributed by atoms with Gasteiger partial charge in [0.1, 0.15) is 6.61 Å². The van der Waals surface area contributed by atoms with Gasteiger partial charge >= 0.3 is 5.97 Å². The smallest absolute Gasteiger partial charge is 0.331 e. The van der Waals surface area contributed by atoms with Gasteiger partial charge in [0, 0.05) is 6.08 Å². The molecule has 0 amide bonds. The predicted octanol–water partition coefficient (Wildman–Crippen LogP) is 4.41. The SMILES string of the molecule is C[C@]12CC[C@H]3[C@@H](CC=C4C[C@@H](O)CC[C@@]43C)[C@@H]1CC[C@@H]2C1=CC(=O)OC1. The van der Waals surface area contributed by atoms with Gasteiger partial charge in [0.05, 0.1) is 6.10 Å². The Bertz CT molecular complexity index is 692. The van der Waals surface area contributed by atoms with Gasteiger partial charge in [-0.25, -0.2) is 4.79 Å². The maximum absolute atomic E-state index is 11.6. The first-order valence-electron chi connectivity index (χ1n) is 10.7. The van der Waals surface area contributed by atoms with Crippen LogP contribution >= 0.6 is 0 Å². The van der Waals surface area contributed by atoms with E-state index in [1.54, 1.807) is 11.6 Å². The molecule has 0 spiro atoms. The lowest BCUT2D eigenvalue weighted by Crippen LogP contribution is -2.50. The van der Waals surface area contributed by atoms with Crippen molar-refractivity contribution in [3.63, 3.8) is 0 Å². The summed E-state index contributed by atoms with van der Waals surface area (Å²) in [5, 5.41) is 10.1. The predicted molar refractivity (Wildman–Crippen MR) is 100 cm³/mol. The van der Waals surface area contributed by atoms with Crippen LogP contribution < -0.4 is 0 Å². The molecule has 0 aromatic carbocycles. The van der Waals surface area contributed by atoms with E-state index in [9.17, 15) is 9.90 Å². The number of hydrogen-bond acceptors (Lipinski definition) is 3. The van der Waals surface area contributed by atoms with Crippen molar-refractivity contribution in [3.8, 4) is 0 Å². The van der Waals surface area contributed by atoms with Gasteiger partial charge in [-0.3, -0.25) is 0 Å². The van der Waals surface area contributed by atoms with E-state index in [4.69, 9.17) is 4.74 Å². The Morgan fingerprint density at radius 1 is 1.12 bits per heavy atom. The Labute approximate surface area is 156 Å². The van der Waals surface area contributed by atoms with Gasteiger partial charge < -0.3 is 9.84 Å². The van der Waals surface area contributed by atoms with E-state index in [0.29, 0.717) is 23.4 Å². The highest BCUT2D eigenvalue weighted by Crippen LogP contribution is 2.67. The molecule has 4 aliphatic carbocycles. The number of fused-ring (bicyclic) bond motifs is 5. The molecule has 3 fully saturated rings. The molecule has 0 saturated heterocycles. The second kappa shape index (κ2) is 5.70. The summed E-state index contributed by atoms with van der Waals surface area (Å²) < 4.78 is 5.24. The number of aliphatic hydroxyl groups is 1. The zero-order valence-corrected chi connectivity index (χ0v) is 16.2. The van der Waals surface area contributed by atoms with Crippen LogP contribution in [0.5, 0.6) is 0 Å². The van der Waals surface area contributed by atoms with E-state index in [1.165, 1.54) is 37.7 Å². The normalized spacial score (nSPS) is 50.3. The van der Waals surface area contributed by atoms with Gasteiger partial charge in [0.15, 0.2) is 0 Å². The van der Waals surface area contributed by atoms with Gasteiger partial charge in [-0.05, 0) is 91.4 Å². The fraction of sp³-hybridized carbons (Fsp3) is 0.783. The minimum atomic E-state index is -0.140. The molecule has 0 aromatic heterocycles. The lowest BCUT2D eigenvalue weighted by molar-refractivity contribution is -0.135. The Morgan fingerprint density at radius 2 is 1.96 bits per heavy atom. The molecule has 0 radical (unpaired) electrons. The standard InChI is InChI=1S/C23H32O3/c1-22-9-7-16(24)12-15(22)3-4-17-19-6-5-18(14-11-21(25)26-13-14)23(19,2)10-8-20(17)22/h3,11,16-20,24H,4-10,12-13H2,1-2H3/t16-,17-,18+,19-,20-,22-,23+/m0/s1. The number of aliphatic hydroxyl groups excluding tert-OH is 1. The molecule has 3 nitrogen and oxygen atoms in total. The Morgan fingerprint density at radius 3 is 2.73 bits per heavy atom. The molecule has 5 aliphatic rings. The molecule has 5 rings (SSSR count). The van der Waals surface area contributed by atoms with Gasteiger partial charge in [-0.1, -0.05) is 25.5 Å². The minimum absolute atomic E-state index is 0.123. The van der Waals surface area contributed by atoms with Crippen LogP contribution in [0.3, 0.4) is 0 Å². The summed E-state index contributed by atoms with van der Waals surface area (Å²) in [7, 11) is 0. The van der Waals surface area contributed by atoms with Gasteiger partial charge in [-0.15, -0.1) is 0 Å². The summed E-state index contributed by atoms with van der Waals surface area (Å²) in [6.45, 7) is 5.52. The van der Waals surface area contributed by atoms with Gasteiger partial charge in [-0.2, -0.15) is 0 Å². The first-order chi connectivity index (χ1) is 12.4. The molecule has 1 heterocycles. The third-order valence-corrected chi connectivity index (χ3v) is 9.21. The average Bonchev–Trinajstić information content (AvgIpc) is 3.18. The number of cyclic esters (lactones) is 1. The van der Waals surface area contributed by atoms with E-state index in [1.807, 2.05) is 0 Å². The van der Waals surface area contributed by atoms with Crippen molar-refractivity contribution in [1.29, 1.82) is 0 Å². The molecule has 26 heavy (non-hydrogen) atoms. The number of allylic oxidation sites excluding steroid dienone is 1. The molecule has 1 aliphatic heterocycles. The lowest BCUT2D eigenvalue weighted by Gasteiger charge is -2.58. The maximum atomic E-state index is 11.6. The molecule has 7 atom stereocenters. The molecular formula is C23H32O3. The van der Waals surface area contributed by atoms with Crippen molar-refractivity contribution < 1.29 is 14.6 Å². The van der Waals surface area contributed by atoms with Crippen molar-refractivity contribution in [3.05, 3.63) is 23.3 Å². The van der Waals surface area contributed by atoms with Crippen molar-refractivity contribution >= 4 is 5.97 Å². The highest BCUT2D eigenvalue weighted by molar-refractivity contribution is 5.85. The molecule has 0 aromatic rings. The topological polar surface area (TPSA) is 46.5 Å². The van der Waals surface area contributed by atoms with E-state index < -0.39 is 0 Å². The number of esters is 1. The Hall–Kier alpha value is -1.09. The van der Waals surface area contributed by atoms with Crippen molar-refractivity contribution in [2.24, 2.45) is 34.5 Å². The van der Waals surface area contributed by atoms with E-state index in [-0.39, 0.29) is 12.1 Å². The summed E-state index contributed by atoms with van der Waals surface area (Å²) in [6, 6.07) is 0. The largest absolute Gasteiger partial charge is 0.458 e. The molecule has 142 valence electrons. The third-order valence-electron chi connectivity index (χ3n) is 9.21. The van der Waals surface area contributed by atoms with Crippen molar-refractivity contribution in [2.45, 2.75) is 71.3 Å². The van der Waals surface area contributed by atoms with Crippen LogP contribution in [-0.4, -0.2) is 23.8 Å². The summed E-state index contributed by atoms with van der Waals surface area (Å²) in [6.07, 6.45) is 13.5. The fourth-order valence-electron chi connectivity index (χ4n) is 7.84. The molecular weight excluding hydrogens is 324 g/mol. The highest BCUT2D eigenvalue weighted by atomic mass is 16.5. The summed E-state index contributed by atoms with van der Waals surface area (Å²) in [5.41, 5.74) is 3.45. The number of carbonyl (C=O) groups excluding carboxylic acids is 1. The maximum Gasteiger partial charge on any atom is 0.331 e. The summed E-state index contributed by atoms with van der Waals surface area (Å²) in [5.74, 6) is 2.72. The first-order valence-corrected chi connectivity index (χ1v) is 10.7. The third kappa shape index (κ3) is 2.25. The number of hydrogen-bond donors (Lipinski definition) is 1. The number of rotatable bonds is 1. The van der Waals surface area contributed by atoms with Gasteiger partial charge in [0.2, 0.25) is 0 Å². The van der Waals surface area contributed by atoms with Crippen LogP contribution in [0.2, 0.25) is 0 Å². The zero-order valence-electron chi connectivity index (χ0n) is 16.2. The Kier molecular flexibility index (Phi) is 3.74. The van der Waals surface area contributed by atoms with Crippen LogP contribution in [0.1, 0.15) is 65.2 Å². The van der Waals surface area contributed by atoms with E-state index >= 15 is 0 Å². The van der Waals surface area contributed by atoms with Crippen LogP contribution in [0, 0.1) is 34.5 Å². The minimum Gasteiger partial charge on any atom is -0.458 e. The fourth-order valence-corrected chi connectivity index (χ4v) is 7.84. The van der Waals surface area contributed by atoms with E-state index in [0.717, 1.165) is 37.0 Å². The second-order valence-corrected chi connectivity index (χ2v) is 10.2. The molecule has 3 saturated carbocycles. The van der Waals surface area contributed by atoms with Crippen molar-refractivity contribution in [2.75, 3.05) is 6.61 Å². The number of ether oxygens (including phenoxy) is 1. The monoisotopic (exact) mass is 356 g/mol.